The van der Waals surface area contributed by atoms with E-state index in [2.05, 4.69) is 24.3 Å². The molecule has 0 bridgehead atoms. The summed E-state index contributed by atoms with van der Waals surface area (Å²) >= 11 is 1.75. The third kappa shape index (κ3) is 1.63. The first-order chi connectivity index (χ1) is 9.22. The molecule has 1 aromatic heterocycles. The molecule has 3 nitrogen and oxygen atoms in total. The highest BCUT2D eigenvalue weighted by molar-refractivity contribution is 7.09. The van der Waals surface area contributed by atoms with Crippen LogP contribution in [0.2, 0.25) is 0 Å². The van der Waals surface area contributed by atoms with Gasteiger partial charge in [-0.3, -0.25) is 4.79 Å². The first-order valence-corrected chi connectivity index (χ1v) is 7.37. The summed E-state index contributed by atoms with van der Waals surface area (Å²) in [6.07, 6.45) is 10.3. The molecule has 2 aliphatic carbocycles. The van der Waals surface area contributed by atoms with E-state index in [0.29, 0.717) is 6.42 Å². The highest BCUT2D eigenvalue weighted by Crippen LogP contribution is 2.29. The topological polar surface area (TPSA) is 33.2 Å². The number of likely N-dealkylation sites (N-methyl/N-ethyl adjacent to an activating group) is 1. The monoisotopic (exact) mass is 270 g/mol. The molecule has 19 heavy (non-hydrogen) atoms. The molecule has 1 amide bonds. The number of thiazole rings is 1. The lowest BCUT2D eigenvalue weighted by atomic mass is 10.0. The molecule has 4 rings (SSSR count). The minimum atomic E-state index is 0.234. The van der Waals surface area contributed by atoms with Crippen molar-refractivity contribution in [3.63, 3.8) is 0 Å². The minimum Gasteiger partial charge on any atom is -0.345 e. The molecule has 96 valence electrons. The van der Waals surface area contributed by atoms with Crippen LogP contribution in [0.1, 0.15) is 23.8 Å². The van der Waals surface area contributed by atoms with Gasteiger partial charge in [0.1, 0.15) is 0 Å². The fourth-order valence-electron chi connectivity index (χ4n) is 2.95. The normalized spacial score (nSPS) is 24.4. The summed E-state index contributed by atoms with van der Waals surface area (Å²) in [6, 6.07) is 0. The molecule has 0 aromatic carbocycles. The Balaban J connectivity index is 1.78. The Morgan fingerprint density at radius 3 is 3.16 bits per heavy atom. The molecular formula is C15H14N2OS. The Morgan fingerprint density at radius 1 is 1.47 bits per heavy atom. The smallest absolute Gasteiger partial charge is 0.223 e. The van der Waals surface area contributed by atoms with Crippen LogP contribution in [0.4, 0.5) is 0 Å². The predicted molar refractivity (Wildman–Crippen MR) is 76.1 cm³/mol. The summed E-state index contributed by atoms with van der Waals surface area (Å²) in [5.74, 6) is 0.520. The van der Waals surface area contributed by atoms with Crippen LogP contribution < -0.4 is 9.88 Å². The van der Waals surface area contributed by atoms with Gasteiger partial charge < -0.3 is 4.90 Å². The van der Waals surface area contributed by atoms with Crippen molar-refractivity contribution >= 4 is 28.9 Å². The number of hydrogen-bond donors (Lipinski definition) is 0. The number of allylic oxidation sites excluding steroid dienone is 4. The zero-order valence-corrected chi connectivity index (χ0v) is 11.5. The Hall–Kier alpha value is -1.68. The predicted octanol–water partition coefficient (Wildman–Crippen LogP) is 0.920. The number of amides is 1. The van der Waals surface area contributed by atoms with Crippen LogP contribution in [0.15, 0.2) is 23.8 Å². The molecule has 1 aromatic rings. The number of hydrogen-bond acceptors (Lipinski definition) is 3. The summed E-state index contributed by atoms with van der Waals surface area (Å²) in [6.45, 7) is 0.809. The molecule has 1 aliphatic heterocycles. The van der Waals surface area contributed by atoms with Crippen molar-refractivity contribution < 1.29 is 4.79 Å². The molecule has 0 saturated carbocycles. The summed E-state index contributed by atoms with van der Waals surface area (Å²) < 4.78 is 1.27. The summed E-state index contributed by atoms with van der Waals surface area (Å²) in [4.78, 5) is 18.3. The fourth-order valence-corrected chi connectivity index (χ4v) is 4.09. The number of carbonyl (C=O) groups is 1. The van der Waals surface area contributed by atoms with Gasteiger partial charge in [0.25, 0.3) is 0 Å². The highest BCUT2D eigenvalue weighted by atomic mass is 32.1. The number of carbonyl (C=O) groups excluding carboxylic acids is 1. The Morgan fingerprint density at radius 2 is 2.37 bits per heavy atom. The van der Waals surface area contributed by atoms with Crippen molar-refractivity contribution in [2.24, 2.45) is 0 Å². The van der Waals surface area contributed by atoms with Gasteiger partial charge in [0.05, 0.1) is 14.9 Å². The molecule has 2 heterocycles. The van der Waals surface area contributed by atoms with Gasteiger partial charge in [0.2, 0.25) is 5.91 Å². The van der Waals surface area contributed by atoms with Crippen molar-refractivity contribution in [2.45, 2.75) is 18.8 Å². The first-order valence-electron chi connectivity index (χ1n) is 6.55. The highest BCUT2D eigenvalue weighted by Gasteiger charge is 2.30. The molecule has 3 aliphatic rings. The Kier molecular flexibility index (Phi) is 2.30. The van der Waals surface area contributed by atoms with E-state index in [0.717, 1.165) is 23.3 Å². The van der Waals surface area contributed by atoms with E-state index in [1.54, 1.807) is 11.3 Å². The molecule has 1 atom stereocenters. The van der Waals surface area contributed by atoms with Crippen molar-refractivity contribution in [3.05, 3.63) is 38.7 Å². The summed E-state index contributed by atoms with van der Waals surface area (Å²) in [7, 11) is 1.87. The van der Waals surface area contributed by atoms with Gasteiger partial charge in [-0.25, -0.2) is 4.98 Å². The van der Waals surface area contributed by atoms with E-state index in [1.165, 1.54) is 15.7 Å². The largest absolute Gasteiger partial charge is 0.345 e. The number of likely N-dealkylation sites (tertiary alicyclic amines) is 1. The quantitative estimate of drug-likeness (QED) is 0.760. The second kappa shape index (κ2) is 3.90. The first kappa shape index (κ1) is 11.2. The zero-order chi connectivity index (χ0) is 13.0. The van der Waals surface area contributed by atoms with Crippen molar-refractivity contribution in [1.82, 2.24) is 9.88 Å². The van der Waals surface area contributed by atoms with Crippen LogP contribution >= 0.6 is 11.3 Å². The van der Waals surface area contributed by atoms with E-state index in [4.69, 9.17) is 4.98 Å². The molecule has 0 radical (unpaired) electrons. The van der Waals surface area contributed by atoms with Gasteiger partial charge >= 0.3 is 0 Å². The Labute approximate surface area is 115 Å². The van der Waals surface area contributed by atoms with Gasteiger partial charge in [0, 0.05) is 25.9 Å². The molecule has 1 fully saturated rings. The van der Waals surface area contributed by atoms with E-state index < -0.39 is 0 Å². The second-order valence-corrected chi connectivity index (χ2v) is 6.38. The van der Waals surface area contributed by atoms with Crippen molar-refractivity contribution in [2.75, 3.05) is 13.6 Å². The summed E-state index contributed by atoms with van der Waals surface area (Å²) in [5.41, 5.74) is 2.65. The fraction of sp³-hybridized carbons (Fsp3) is 0.333. The lowest BCUT2D eigenvalue weighted by Crippen LogP contribution is -2.20. The molecule has 1 saturated heterocycles. The van der Waals surface area contributed by atoms with Crippen LogP contribution in [-0.4, -0.2) is 29.4 Å². The van der Waals surface area contributed by atoms with Crippen molar-refractivity contribution in [1.29, 1.82) is 0 Å². The minimum absolute atomic E-state index is 0.234. The van der Waals surface area contributed by atoms with Gasteiger partial charge in [-0.05, 0) is 23.6 Å². The average Bonchev–Trinajstić information content (AvgIpc) is 3.03. The van der Waals surface area contributed by atoms with Gasteiger partial charge in [0.15, 0.2) is 0 Å². The van der Waals surface area contributed by atoms with Crippen LogP contribution in [0.5, 0.6) is 0 Å². The van der Waals surface area contributed by atoms with Crippen LogP contribution in [0.25, 0.3) is 11.6 Å². The summed E-state index contributed by atoms with van der Waals surface area (Å²) in [5, 5.41) is 2.28. The van der Waals surface area contributed by atoms with Gasteiger partial charge in [-0.2, -0.15) is 0 Å². The molecular weight excluding hydrogens is 256 g/mol. The lowest BCUT2D eigenvalue weighted by molar-refractivity contribution is -0.126. The average molecular weight is 270 g/mol. The van der Waals surface area contributed by atoms with E-state index in [9.17, 15) is 4.79 Å². The lowest BCUT2D eigenvalue weighted by Gasteiger charge is -2.07. The molecule has 4 heteroatoms. The maximum absolute atomic E-state index is 11.6. The number of rotatable bonds is 1. The van der Waals surface area contributed by atoms with Crippen LogP contribution in [0.3, 0.4) is 0 Å². The maximum Gasteiger partial charge on any atom is 0.223 e. The SMILES string of the molecule is CN1CC(c2nc3c(s2)=CC2=CC=CCC=32)CC1=O. The van der Waals surface area contributed by atoms with E-state index in [1.807, 2.05) is 11.9 Å². The molecule has 1 unspecified atom stereocenters. The second-order valence-electron chi connectivity index (χ2n) is 5.32. The third-order valence-corrected chi connectivity index (χ3v) is 5.18. The van der Waals surface area contributed by atoms with E-state index >= 15 is 0 Å². The standard InChI is InChI=1S/C15H14N2OS/c1-17-8-10(7-13(17)18)15-16-14-11-5-3-2-4-9(11)6-12(14)19-15/h2-4,6,10H,5,7-8H2,1H3. The van der Waals surface area contributed by atoms with Crippen LogP contribution in [-0.2, 0) is 4.79 Å². The molecule has 0 spiro atoms. The third-order valence-electron chi connectivity index (χ3n) is 4.01. The maximum atomic E-state index is 11.6. The Bertz CT molecular complexity index is 754. The van der Waals surface area contributed by atoms with Crippen molar-refractivity contribution in [3.8, 4) is 0 Å². The molecule has 0 N–H and O–H groups in total. The number of nitrogens with zero attached hydrogens (tertiary/aromatic N) is 2. The number of aromatic nitrogens is 1. The number of fused-ring (bicyclic) bond motifs is 2. The van der Waals surface area contributed by atoms with E-state index in [-0.39, 0.29) is 11.8 Å². The van der Waals surface area contributed by atoms with Gasteiger partial charge in [-0.15, -0.1) is 11.3 Å². The van der Waals surface area contributed by atoms with Gasteiger partial charge in [-0.1, -0.05) is 18.2 Å². The zero-order valence-electron chi connectivity index (χ0n) is 10.7. The van der Waals surface area contributed by atoms with Crippen LogP contribution in [0, 0.1) is 0 Å².